The summed E-state index contributed by atoms with van der Waals surface area (Å²) in [5.74, 6) is -0.884. The Balaban J connectivity index is 3.97. The van der Waals surface area contributed by atoms with Crippen molar-refractivity contribution in [3.05, 3.63) is 0 Å². The van der Waals surface area contributed by atoms with Gasteiger partial charge in [0.25, 0.3) is 5.91 Å². The molecular formula is C5H10FNO. The van der Waals surface area contributed by atoms with Gasteiger partial charge in [0.15, 0.2) is 7.08 Å². The Morgan fingerprint density at radius 2 is 2.62 bits per heavy atom. The molecule has 1 amide bonds. The molecule has 0 heterocycles. The van der Waals surface area contributed by atoms with Gasteiger partial charge >= 0.3 is 0 Å². The van der Waals surface area contributed by atoms with Gasteiger partial charge in [-0.3, -0.25) is 4.79 Å². The van der Waals surface area contributed by atoms with Crippen LogP contribution < -0.4 is 5.73 Å². The van der Waals surface area contributed by atoms with Crippen LogP contribution in [0.15, 0.2) is 0 Å². The van der Waals surface area contributed by atoms with Crippen molar-refractivity contribution in [3.63, 3.8) is 0 Å². The molecular weight excluding hydrogens is 109 g/mol. The van der Waals surface area contributed by atoms with Crippen LogP contribution in [0.3, 0.4) is 0 Å². The van der Waals surface area contributed by atoms with E-state index in [0.29, 0.717) is 0 Å². The molecule has 0 rings (SSSR count). The lowest BCUT2D eigenvalue weighted by Gasteiger charge is -2.11. The number of hydrogen-bond donors (Lipinski definition) is 1. The summed E-state index contributed by atoms with van der Waals surface area (Å²) in [5, 5.41) is 0. The van der Waals surface area contributed by atoms with Gasteiger partial charge in [-0.1, -0.05) is 6.92 Å². The lowest BCUT2D eigenvalue weighted by Crippen LogP contribution is -2.35. The molecule has 0 unspecified atom stereocenters. The van der Waals surface area contributed by atoms with Crippen LogP contribution in [0.25, 0.3) is 0 Å². The fraction of sp³-hybridized carbons (Fsp3) is 0.800. The van der Waals surface area contributed by atoms with Crippen molar-refractivity contribution in [2.45, 2.75) is 25.9 Å². The van der Waals surface area contributed by atoms with Crippen LogP contribution >= 0.6 is 0 Å². The van der Waals surface area contributed by atoms with Crippen LogP contribution in [-0.2, 0) is 4.79 Å². The summed E-state index contributed by atoms with van der Waals surface area (Å²) in [5.41, 5.74) is -0.395. The highest BCUT2D eigenvalue weighted by Crippen LogP contribution is 2.12. The predicted octanol–water partition coefficient (Wildman–Crippen LogP) is 0.610. The van der Waals surface area contributed by atoms with Crippen LogP contribution in [-0.4, -0.2) is 11.6 Å². The molecule has 0 radical (unpaired) electrons. The Kier molecular flexibility index (Phi) is 1.46. The predicted molar refractivity (Wildman–Crippen MR) is 29.0 cm³/mol. The summed E-state index contributed by atoms with van der Waals surface area (Å²) in [6.45, 7) is 2.70. The standard InChI is InChI=1S/C5H10FNO/c1-3-5(2,6)4(7)8/h3H2,1-2H3,(H2,7,8)/t5-/m0/s1/i/hD. The first-order valence-corrected chi connectivity index (χ1v) is 2.45. The topological polar surface area (TPSA) is 43.1 Å². The highest BCUT2D eigenvalue weighted by Gasteiger charge is 2.27. The summed E-state index contributed by atoms with van der Waals surface area (Å²) < 4.78 is 19.0. The molecule has 2 nitrogen and oxygen atoms in total. The molecule has 0 bridgehead atoms. The highest BCUT2D eigenvalue weighted by molar-refractivity contribution is 5.82. The van der Waals surface area contributed by atoms with Crippen molar-refractivity contribution in [3.8, 4) is 0 Å². The molecule has 0 aliphatic heterocycles. The van der Waals surface area contributed by atoms with Crippen LogP contribution in [0, 0.1) is 0 Å². The van der Waals surface area contributed by atoms with Gasteiger partial charge in [0.2, 0.25) is 0 Å². The van der Waals surface area contributed by atoms with E-state index in [-0.39, 0.29) is 6.42 Å². The molecule has 48 valence electrons. The zero-order valence-electron chi connectivity index (χ0n) is 5.99. The van der Waals surface area contributed by atoms with E-state index in [1.54, 1.807) is 6.92 Å². The molecule has 0 spiro atoms. The van der Waals surface area contributed by atoms with Gasteiger partial charge in [0.05, 0.1) is 0 Å². The van der Waals surface area contributed by atoms with Crippen LogP contribution in [0.2, 0.25) is 1.41 Å². The molecule has 0 aliphatic rings. The number of alkyl halides is 1. The molecule has 0 aliphatic carbocycles. The van der Waals surface area contributed by atoms with Gasteiger partial charge < -0.3 is 5.73 Å². The van der Waals surface area contributed by atoms with E-state index in [9.17, 15) is 9.18 Å². The van der Waals surface area contributed by atoms with Gasteiger partial charge in [-0.15, -0.1) is 0 Å². The molecule has 3 heteroatoms. The van der Waals surface area contributed by atoms with Gasteiger partial charge in [0.1, 0.15) is 0 Å². The largest absolute Gasteiger partial charge is 0.367 e. The van der Waals surface area contributed by atoms with Crippen molar-refractivity contribution < 1.29 is 10.6 Å². The molecule has 0 aromatic heterocycles. The molecule has 0 aromatic rings. The molecule has 0 fully saturated rings. The minimum absolute atomic E-state index is 0.0950. The first-order valence-electron chi connectivity index (χ1n) is 2.95. The number of carbonyl (C=O) groups excluding carboxylic acids is 1. The van der Waals surface area contributed by atoms with Crippen molar-refractivity contribution >= 4 is 5.91 Å². The third-order valence-electron chi connectivity index (χ3n) is 1.14. The Bertz CT molecular complexity index is 116. The monoisotopic (exact) mass is 120 g/mol. The maximum atomic E-state index is 12.7. The van der Waals surface area contributed by atoms with E-state index in [1.165, 1.54) is 5.73 Å². The van der Waals surface area contributed by atoms with Crippen LogP contribution in [0.5, 0.6) is 0 Å². The lowest BCUT2D eigenvalue weighted by atomic mass is 10.1. The van der Waals surface area contributed by atoms with Crippen LogP contribution in [0.4, 0.5) is 4.39 Å². The molecule has 0 saturated carbocycles. The second-order valence-electron chi connectivity index (χ2n) is 1.88. The van der Waals surface area contributed by atoms with Crippen molar-refractivity contribution in [1.29, 1.82) is 0 Å². The summed E-state index contributed by atoms with van der Waals surface area (Å²) in [4.78, 5) is 10.4. The number of hydrogen-bond acceptors (Lipinski definition) is 1. The Morgan fingerprint density at radius 3 is 2.75 bits per heavy atom. The summed E-state index contributed by atoms with van der Waals surface area (Å²) in [6.07, 6.45) is 0.0950. The lowest BCUT2D eigenvalue weighted by molar-refractivity contribution is -0.128. The van der Waals surface area contributed by atoms with E-state index in [1.807, 2.05) is 0 Å². The second kappa shape index (κ2) is 2.11. The molecule has 8 heavy (non-hydrogen) atoms. The average molecular weight is 120 g/mol. The van der Waals surface area contributed by atoms with E-state index in [4.69, 9.17) is 1.41 Å². The van der Waals surface area contributed by atoms with Gasteiger partial charge in [-0.2, -0.15) is 0 Å². The van der Waals surface area contributed by atoms with E-state index in [2.05, 4.69) is 0 Å². The fourth-order valence-electron chi connectivity index (χ4n) is 0.161. The smallest absolute Gasteiger partial charge is 0.254 e. The van der Waals surface area contributed by atoms with Crippen LogP contribution in [0.1, 0.15) is 20.3 Å². The average Bonchev–Trinajstić information content (AvgIpc) is 1.86. The number of nitrogens with two attached hydrogens (primary N) is 1. The van der Waals surface area contributed by atoms with Gasteiger partial charge in [-0.25, -0.2) is 4.39 Å². The SMILES string of the molecule is [2H]NC(=O)[C@@](C)(F)CC. The summed E-state index contributed by atoms with van der Waals surface area (Å²) >= 11 is 0. The van der Waals surface area contributed by atoms with E-state index >= 15 is 0 Å². The third kappa shape index (κ3) is 1.48. The number of rotatable bonds is 2. The molecule has 1 atom stereocenters. The third-order valence-corrected chi connectivity index (χ3v) is 1.14. The number of amides is 1. The van der Waals surface area contributed by atoms with Crippen molar-refractivity contribution in [2.75, 3.05) is 0 Å². The van der Waals surface area contributed by atoms with Gasteiger partial charge in [0, 0.05) is 0 Å². The van der Waals surface area contributed by atoms with Gasteiger partial charge in [-0.05, 0) is 13.3 Å². The number of primary amides is 1. The maximum Gasteiger partial charge on any atom is 0.254 e. The molecule has 0 saturated heterocycles. The second-order valence-corrected chi connectivity index (χ2v) is 1.88. The molecule has 0 aromatic carbocycles. The Morgan fingerprint density at radius 1 is 2.12 bits per heavy atom. The zero-order valence-corrected chi connectivity index (χ0v) is 4.99. The van der Waals surface area contributed by atoms with Crippen molar-refractivity contribution in [1.82, 2.24) is 0 Å². The summed E-state index contributed by atoms with van der Waals surface area (Å²) in [6, 6.07) is 0. The normalized spacial score (nSPS) is 18.6. The molecule has 2 N–H and O–H groups in total. The fourth-order valence-corrected chi connectivity index (χ4v) is 0.161. The zero-order chi connectivity index (χ0) is 7.49. The first kappa shape index (κ1) is 5.54. The number of carbonyl (C=O) groups is 1. The Labute approximate surface area is 49.3 Å². The van der Waals surface area contributed by atoms with E-state index in [0.717, 1.165) is 6.92 Å². The maximum absolute atomic E-state index is 12.7. The first-order chi connectivity index (χ1) is 4.04. The summed E-state index contributed by atoms with van der Waals surface area (Å²) in [7, 11) is 0. The minimum atomic E-state index is -1.89. The minimum Gasteiger partial charge on any atom is -0.367 e. The highest BCUT2D eigenvalue weighted by atomic mass is 19.1. The quantitative estimate of drug-likeness (QED) is 0.570. The Hall–Kier alpha value is -0.600. The van der Waals surface area contributed by atoms with Crippen molar-refractivity contribution in [2.24, 2.45) is 5.73 Å². The van der Waals surface area contributed by atoms with E-state index < -0.39 is 11.6 Å². The number of halogens is 1.